The lowest BCUT2D eigenvalue weighted by Crippen LogP contribution is -2.46. The average molecular weight is 395 g/mol. The summed E-state index contributed by atoms with van der Waals surface area (Å²) in [7, 11) is 0. The van der Waals surface area contributed by atoms with E-state index in [1.807, 2.05) is 50.4 Å². The van der Waals surface area contributed by atoms with Gasteiger partial charge in [-0.3, -0.25) is 9.59 Å². The predicted octanol–water partition coefficient (Wildman–Crippen LogP) is 4.21. The van der Waals surface area contributed by atoms with E-state index in [-0.39, 0.29) is 17.7 Å². The molecule has 122 valence electrons. The van der Waals surface area contributed by atoms with Crippen molar-refractivity contribution in [3.05, 3.63) is 50.6 Å². The van der Waals surface area contributed by atoms with Crippen molar-refractivity contribution in [3.63, 3.8) is 0 Å². The number of hydrogen-bond acceptors (Lipinski definition) is 3. The quantitative estimate of drug-likeness (QED) is 0.797. The van der Waals surface area contributed by atoms with Gasteiger partial charge >= 0.3 is 0 Å². The summed E-state index contributed by atoms with van der Waals surface area (Å²) in [4.78, 5) is 25.3. The molecule has 23 heavy (non-hydrogen) atoms. The second-order valence-electron chi connectivity index (χ2n) is 5.63. The van der Waals surface area contributed by atoms with E-state index in [4.69, 9.17) is 0 Å². The molecule has 0 saturated heterocycles. The predicted molar refractivity (Wildman–Crippen MR) is 97.9 cm³/mol. The largest absolute Gasteiger partial charge is 0.339 e. The first-order chi connectivity index (χ1) is 10.9. The van der Waals surface area contributed by atoms with E-state index >= 15 is 0 Å². The fourth-order valence-electron chi connectivity index (χ4n) is 2.05. The molecule has 6 heteroatoms. The molecule has 0 aliphatic heterocycles. The second kappa shape index (κ2) is 7.75. The average Bonchev–Trinajstić information content (AvgIpc) is 3.02. The SMILES string of the molecule is Cc1ccc(NC(=O)C(NC(=O)c2cccs2)C(C)C)cc1Br. The van der Waals surface area contributed by atoms with Crippen LogP contribution >= 0.6 is 27.3 Å². The molecule has 4 nitrogen and oxygen atoms in total. The molecule has 0 radical (unpaired) electrons. The van der Waals surface area contributed by atoms with Crippen LogP contribution in [0.4, 0.5) is 5.69 Å². The van der Waals surface area contributed by atoms with Crippen molar-refractivity contribution >= 4 is 44.8 Å². The van der Waals surface area contributed by atoms with Gasteiger partial charge in [0, 0.05) is 10.2 Å². The summed E-state index contributed by atoms with van der Waals surface area (Å²) in [5, 5.41) is 7.51. The van der Waals surface area contributed by atoms with E-state index in [1.54, 1.807) is 6.07 Å². The number of hydrogen-bond donors (Lipinski definition) is 2. The van der Waals surface area contributed by atoms with Gasteiger partial charge in [0.25, 0.3) is 5.91 Å². The maximum atomic E-state index is 12.5. The van der Waals surface area contributed by atoms with Crippen LogP contribution in [0.3, 0.4) is 0 Å². The summed E-state index contributed by atoms with van der Waals surface area (Å²) in [6, 6.07) is 8.58. The van der Waals surface area contributed by atoms with E-state index in [0.717, 1.165) is 10.0 Å². The van der Waals surface area contributed by atoms with Crippen molar-refractivity contribution in [3.8, 4) is 0 Å². The summed E-state index contributed by atoms with van der Waals surface area (Å²) in [6.45, 7) is 5.79. The molecule has 0 saturated carbocycles. The Labute approximate surface area is 148 Å². The highest BCUT2D eigenvalue weighted by Crippen LogP contribution is 2.21. The summed E-state index contributed by atoms with van der Waals surface area (Å²) in [5.41, 5.74) is 1.79. The van der Waals surface area contributed by atoms with Crippen LogP contribution in [0, 0.1) is 12.8 Å². The first-order valence-corrected chi connectivity index (χ1v) is 8.97. The highest BCUT2D eigenvalue weighted by Gasteiger charge is 2.25. The van der Waals surface area contributed by atoms with Crippen molar-refractivity contribution in [1.82, 2.24) is 5.32 Å². The maximum Gasteiger partial charge on any atom is 0.262 e. The van der Waals surface area contributed by atoms with E-state index in [2.05, 4.69) is 26.6 Å². The highest BCUT2D eigenvalue weighted by molar-refractivity contribution is 9.10. The number of amides is 2. The third-order valence-electron chi connectivity index (χ3n) is 3.42. The number of rotatable bonds is 5. The molecule has 0 spiro atoms. The first-order valence-electron chi connectivity index (χ1n) is 7.30. The van der Waals surface area contributed by atoms with Crippen molar-refractivity contribution in [2.45, 2.75) is 26.8 Å². The Morgan fingerprint density at radius 1 is 1.22 bits per heavy atom. The Bertz CT molecular complexity index is 699. The van der Waals surface area contributed by atoms with Gasteiger partial charge in [0.1, 0.15) is 6.04 Å². The molecule has 2 rings (SSSR count). The molecule has 2 amide bonds. The Morgan fingerprint density at radius 3 is 2.52 bits per heavy atom. The molecule has 1 heterocycles. The van der Waals surface area contributed by atoms with Gasteiger partial charge in [-0.25, -0.2) is 0 Å². The van der Waals surface area contributed by atoms with Crippen LogP contribution < -0.4 is 10.6 Å². The number of aryl methyl sites for hydroxylation is 1. The number of nitrogens with one attached hydrogen (secondary N) is 2. The zero-order valence-electron chi connectivity index (χ0n) is 13.2. The maximum absolute atomic E-state index is 12.5. The van der Waals surface area contributed by atoms with Crippen molar-refractivity contribution in [1.29, 1.82) is 0 Å². The lowest BCUT2D eigenvalue weighted by molar-refractivity contribution is -0.118. The van der Waals surface area contributed by atoms with Gasteiger partial charge in [-0.1, -0.05) is 41.9 Å². The van der Waals surface area contributed by atoms with Crippen LogP contribution in [-0.2, 0) is 4.79 Å². The fourth-order valence-corrected chi connectivity index (χ4v) is 3.05. The van der Waals surface area contributed by atoms with Gasteiger partial charge in [-0.05, 0) is 42.0 Å². The summed E-state index contributed by atoms with van der Waals surface area (Å²) >= 11 is 4.80. The molecule has 0 aliphatic carbocycles. The summed E-state index contributed by atoms with van der Waals surface area (Å²) in [6.07, 6.45) is 0. The van der Waals surface area contributed by atoms with E-state index in [9.17, 15) is 9.59 Å². The molecule has 1 aromatic carbocycles. The van der Waals surface area contributed by atoms with Crippen LogP contribution in [-0.4, -0.2) is 17.9 Å². The highest BCUT2D eigenvalue weighted by atomic mass is 79.9. The molecule has 0 bridgehead atoms. The van der Waals surface area contributed by atoms with Gasteiger partial charge in [0.2, 0.25) is 5.91 Å². The molecular weight excluding hydrogens is 376 g/mol. The molecule has 2 N–H and O–H groups in total. The number of halogens is 1. The van der Waals surface area contributed by atoms with Gasteiger partial charge in [-0.2, -0.15) is 0 Å². The van der Waals surface area contributed by atoms with Crippen LogP contribution in [0.5, 0.6) is 0 Å². The van der Waals surface area contributed by atoms with E-state index in [0.29, 0.717) is 10.6 Å². The molecule has 2 aromatic rings. The fraction of sp³-hybridized carbons (Fsp3) is 0.294. The lowest BCUT2D eigenvalue weighted by Gasteiger charge is -2.21. The molecule has 1 atom stereocenters. The van der Waals surface area contributed by atoms with Gasteiger partial charge < -0.3 is 10.6 Å². The number of thiophene rings is 1. The normalized spacial score (nSPS) is 12.0. The molecule has 0 fully saturated rings. The van der Waals surface area contributed by atoms with Gasteiger partial charge in [0.05, 0.1) is 4.88 Å². The van der Waals surface area contributed by atoms with Crippen LogP contribution in [0.25, 0.3) is 0 Å². The Kier molecular flexibility index (Phi) is 5.96. The van der Waals surface area contributed by atoms with Gasteiger partial charge in [-0.15, -0.1) is 11.3 Å². The monoisotopic (exact) mass is 394 g/mol. The van der Waals surface area contributed by atoms with E-state index in [1.165, 1.54) is 11.3 Å². The van der Waals surface area contributed by atoms with Crippen molar-refractivity contribution in [2.75, 3.05) is 5.32 Å². The van der Waals surface area contributed by atoms with Crippen LogP contribution in [0.15, 0.2) is 40.2 Å². The third-order valence-corrected chi connectivity index (χ3v) is 5.14. The lowest BCUT2D eigenvalue weighted by atomic mass is 10.0. The first kappa shape index (κ1) is 17.7. The second-order valence-corrected chi connectivity index (χ2v) is 7.43. The minimum Gasteiger partial charge on any atom is -0.339 e. The Morgan fingerprint density at radius 2 is 1.96 bits per heavy atom. The zero-order valence-corrected chi connectivity index (χ0v) is 15.6. The van der Waals surface area contributed by atoms with E-state index < -0.39 is 6.04 Å². The Hall–Kier alpha value is -1.66. The smallest absolute Gasteiger partial charge is 0.262 e. The number of carbonyl (C=O) groups excluding carboxylic acids is 2. The summed E-state index contributed by atoms with van der Waals surface area (Å²) < 4.78 is 0.930. The minimum atomic E-state index is -0.593. The Balaban J connectivity index is 2.09. The molecular formula is C17H19BrN2O2S. The molecule has 1 aromatic heterocycles. The number of benzene rings is 1. The number of anilines is 1. The standard InChI is InChI=1S/C17H19BrN2O2S/c1-10(2)15(20-16(21)14-5-4-8-23-14)17(22)19-12-7-6-11(3)13(18)9-12/h4-10,15H,1-3H3,(H,19,22)(H,20,21). The minimum absolute atomic E-state index is 0.0206. The zero-order chi connectivity index (χ0) is 17.0. The van der Waals surface area contributed by atoms with Gasteiger partial charge in [0.15, 0.2) is 0 Å². The number of carbonyl (C=O) groups is 2. The topological polar surface area (TPSA) is 58.2 Å². The molecule has 0 aliphatic rings. The molecule has 1 unspecified atom stereocenters. The van der Waals surface area contributed by atoms with Crippen molar-refractivity contribution in [2.24, 2.45) is 5.92 Å². The van der Waals surface area contributed by atoms with Crippen LogP contribution in [0.2, 0.25) is 0 Å². The summed E-state index contributed by atoms with van der Waals surface area (Å²) in [5.74, 6) is -0.465. The third kappa shape index (κ3) is 4.65. The van der Waals surface area contributed by atoms with Crippen molar-refractivity contribution < 1.29 is 9.59 Å². The van der Waals surface area contributed by atoms with Crippen LogP contribution in [0.1, 0.15) is 29.1 Å².